The Kier molecular flexibility index (Phi) is 4.09. The van der Waals surface area contributed by atoms with E-state index in [-0.39, 0.29) is 23.3 Å². The Hall–Kier alpha value is -3.59. The number of furan rings is 1. The van der Waals surface area contributed by atoms with E-state index < -0.39 is 0 Å². The van der Waals surface area contributed by atoms with Crippen molar-refractivity contribution >= 4 is 5.91 Å². The molecule has 1 fully saturated rings. The highest BCUT2D eigenvalue weighted by Gasteiger charge is 2.38. The summed E-state index contributed by atoms with van der Waals surface area (Å²) in [6, 6.07) is 16.5. The number of carbonyl (C=O) groups excluding carboxylic acids is 1. The maximum Gasteiger partial charge on any atom is 0.289 e. The summed E-state index contributed by atoms with van der Waals surface area (Å²) in [6.07, 6.45) is 2.45. The maximum atomic E-state index is 12.8. The number of hydrogen-bond donors (Lipinski definition) is 0. The van der Waals surface area contributed by atoms with Crippen molar-refractivity contribution in [3.63, 3.8) is 0 Å². The molecule has 6 nitrogen and oxygen atoms in total. The van der Waals surface area contributed by atoms with Gasteiger partial charge in [-0.15, -0.1) is 0 Å². The van der Waals surface area contributed by atoms with E-state index in [0.717, 1.165) is 23.2 Å². The highest BCUT2D eigenvalue weighted by molar-refractivity contribution is 5.91. The second-order valence-corrected chi connectivity index (χ2v) is 7.76. The molecule has 2 atom stereocenters. The molecule has 2 bridgehead atoms. The summed E-state index contributed by atoms with van der Waals surface area (Å²) in [5.74, 6) is 0.538. The van der Waals surface area contributed by atoms with Gasteiger partial charge in [-0.2, -0.15) is 5.26 Å². The topological polar surface area (TPSA) is 79.2 Å². The normalized spacial score (nSPS) is 20.0. The third-order valence-electron chi connectivity index (χ3n) is 5.91. The zero-order chi connectivity index (χ0) is 20.0. The second-order valence-electron chi connectivity index (χ2n) is 7.76. The van der Waals surface area contributed by atoms with E-state index in [9.17, 15) is 14.9 Å². The summed E-state index contributed by atoms with van der Waals surface area (Å²) in [7, 11) is 0. The lowest BCUT2D eigenvalue weighted by molar-refractivity contribution is 0.0564. The molecule has 1 aromatic carbocycles. The first kappa shape index (κ1) is 17.5. The summed E-state index contributed by atoms with van der Waals surface area (Å²) < 4.78 is 7.16. The van der Waals surface area contributed by atoms with Crippen molar-refractivity contribution in [2.24, 2.45) is 5.92 Å². The molecule has 29 heavy (non-hydrogen) atoms. The van der Waals surface area contributed by atoms with E-state index in [0.29, 0.717) is 31.0 Å². The van der Waals surface area contributed by atoms with Crippen LogP contribution in [0.4, 0.5) is 0 Å². The van der Waals surface area contributed by atoms with Crippen LogP contribution in [0.5, 0.6) is 0 Å². The van der Waals surface area contributed by atoms with Gasteiger partial charge in [0.1, 0.15) is 0 Å². The lowest BCUT2D eigenvalue weighted by Gasteiger charge is -2.43. The highest BCUT2D eigenvalue weighted by Crippen LogP contribution is 2.40. The minimum atomic E-state index is -0.107. The van der Waals surface area contributed by atoms with Gasteiger partial charge in [-0.25, -0.2) is 0 Å². The van der Waals surface area contributed by atoms with Crippen LogP contribution < -0.4 is 5.56 Å². The van der Waals surface area contributed by atoms with Crippen molar-refractivity contribution in [3.05, 3.63) is 82.2 Å². The predicted octanol–water partition coefficient (Wildman–Crippen LogP) is 3.24. The largest absolute Gasteiger partial charge is 0.459 e. The first-order valence-corrected chi connectivity index (χ1v) is 9.71. The fourth-order valence-corrected chi connectivity index (χ4v) is 4.74. The van der Waals surface area contributed by atoms with Crippen LogP contribution in [0.1, 0.15) is 34.2 Å². The van der Waals surface area contributed by atoms with E-state index in [1.807, 2.05) is 33.7 Å². The van der Waals surface area contributed by atoms with Crippen LogP contribution in [-0.4, -0.2) is 28.5 Å². The van der Waals surface area contributed by atoms with Gasteiger partial charge in [0, 0.05) is 42.9 Å². The molecule has 1 saturated heterocycles. The summed E-state index contributed by atoms with van der Waals surface area (Å²) >= 11 is 0. The average molecular weight is 385 g/mol. The number of pyridine rings is 1. The number of amides is 1. The molecule has 4 heterocycles. The van der Waals surface area contributed by atoms with Crippen LogP contribution >= 0.6 is 0 Å². The zero-order valence-electron chi connectivity index (χ0n) is 15.7. The van der Waals surface area contributed by atoms with Gasteiger partial charge >= 0.3 is 0 Å². The lowest BCUT2D eigenvalue weighted by atomic mass is 9.80. The number of benzene rings is 1. The number of piperidine rings is 1. The van der Waals surface area contributed by atoms with Gasteiger partial charge in [-0.3, -0.25) is 9.59 Å². The van der Waals surface area contributed by atoms with Crippen molar-refractivity contribution in [1.29, 1.82) is 5.26 Å². The van der Waals surface area contributed by atoms with Crippen LogP contribution in [0, 0.1) is 17.2 Å². The molecule has 3 aromatic rings. The molecule has 6 heteroatoms. The molecular formula is C23H19N3O3. The maximum absolute atomic E-state index is 12.8. The molecule has 2 aliphatic rings. The van der Waals surface area contributed by atoms with Gasteiger partial charge in [-0.05, 0) is 48.2 Å². The third-order valence-corrected chi connectivity index (χ3v) is 5.91. The van der Waals surface area contributed by atoms with Crippen LogP contribution in [-0.2, 0) is 6.54 Å². The Balaban J connectivity index is 1.58. The molecule has 2 aromatic heterocycles. The molecule has 0 saturated carbocycles. The van der Waals surface area contributed by atoms with Crippen LogP contribution in [0.25, 0.3) is 11.1 Å². The van der Waals surface area contributed by atoms with Gasteiger partial charge in [-0.1, -0.05) is 12.1 Å². The molecule has 2 unspecified atom stereocenters. The standard InChI is InChI=1S/C23H19N3O3/c24-11-15-3-1-4-17(9-15)19-6-7-21(27)26-13-16-10-18(22(19)26)14-25(12-16)23(28)20-5-2-8-29-20/h1-9,16,18H,10,12-14H2. The zero-order valence-corrected chi connectivity index (χ0v) is 15.7. The summed E-state index contributed by atoms with van der Waals surface area (Å²) in [4.78, 5) is 27.3. The predicted molar refractivity (Wildman–Crippen MR) is 106 cm³/mol. The molecule has 144 valence electrons. The lowest BCUT2D eigenvalue weighted by Crippen LogP contribution is -2.49. The summed E-state index contributed by atoms with van der Waals surface area (Å²) in [5, 5.41) is 9.26. The average Bonchev–Trinajstić information content (AvgIpc) is 3.29. The fourth-order valence-electron chi connectivity index (χ4n) is 4.74. The molecular weight excluding hydrogens is 366 g/mol. The number of likely N-dealkylation sites (tertiary alicyclic amines) is 1. The SMILES string of the molecule is N#Cc1cccc(-c2ccc(=O)n3c2C2CC(CN(C(=O)c4ccco4)C2)C3)c1. The summed E-state index contributed by atoms with van der Waals surface area (Å²) in [5.41, 5.74) is 3.40. The molecule has 0 aliphatic carbocycles. The fraction of sp³-hybridized carbons (Fsp3) is 0.261. The molecule has 0 N–H and O–H groups in total. The number of rotatable bonds is 2. The van der Waals surface area contributed by atoms with Crippen LogP contribution in [0.15, 0.2) is 64.0 Å². The quantitative estimate of drug-likeness (QED) is 0.678. The van der Waals surface area contributed by atoms with Crippen molar-refractivity contribution in [2.45, 2.75) is 18.9 Å². The van der Waals surface area contributed by atoms with Gasteiger partial charge in [0.15, 0.2) is 5.76 Å². The number of carbonyl (C=O) groups is 1. The molecule has 0 spiro atoms. The first-order valence-electron chi connectivity index (χ1n) is 9.71. The smallest absolute Gasteiger partial charge is 0.289 e. The van der Waals surface area contributed by atoms with E-state index in [1.54, 1.807) is 24.3 Å². The van der Waals surface area contributed by atoms with Crippen LogP contribution in [0.2, 0.25) is 0 Å². The first-order chi connectivity index (χ1) is 14.1. The van der Waals surface area contributed by atoms with Gasteiger partial charge in [0.25, 0.3) is 11.5 Å². The minimum Gasteiger partial charge on any atom is -0.459 e. The Morgan fingerprint density at radius 2 is 2.00 bits per heavy atom. The molecule has 0 radical (unpaired) electrons. The molecule has 2 aliphatic heterocycles. The van der Waals surface area contributed by atoms with E-state index >= 15 is 0 Å². The third kappa shape index (κ3) is 2.95. The number of nitriles is 1. The van der Waals surface area contributed by atoms with E-state index in [2.05, 4.69) is 6.07 Å². The number of fused-ring (bicyclic) bond motifs is 4. The Morgan fingerprint density at radius 1 is 1.10 bits per heavy atom. The monoisotopic (exact) mass is 385 g/mol. The highest BCUT2D eigenvalue weighted by atomic mass is 16.3. The van der Waals surface area contributed by atoms with E-state index in [4.69, 9.17) is 4.42 Å². The van der Waals surface area contributed by atoms with E-state index in [1.165, 1.54) is 6.26 Å². The number of hydrogen-bond acceptors (Lipinski definition) is 4. The van der Waals surface area contributed by atoms with Crippen LogP contribution in [0.3, 0.4) is 0 Å². The Morgan fingerprint density at radius 3 is 2.79 bits per heavy atom. The van der Waals surface area contributed by atoms with Gasteiger partial charge in [0.2, 0.25) is 0 Å². The van der Waals surface area contributed by atoms with Crippen molar-refractivity contribution in [2.75, 3.05) is 13.1 Å². The number of nitrogens with zero attached hydrogens (tertiary/aromatic N) is 3. The molecule has 1 amide bonds. The van der Waals surface area contributed by atoms with Gasteiger partial charge in [0.05, 0.1) is 17.9 Å². The second kappa shape index (κ2) is 6.78. The summed E-state index contributed by atoms with van der Waals surface area (Å²) in [6.45, 7) is 1.76. The van der Waals surface area contributed by atoms with Crippen molar-refractivity contribution < 1.29 is 9.21 Å². The minimum absolute atomic E-state index is 0.0132. The van der Waals surface area contributed by atoms with Gasteiger partial charge < -0.3 is 13.9 Å². The van der Waals surface area contributed by atoms with Crippen molar-refractivity contribution in [3.8, 4) is 17.2 Å². The Bertz CT molecular complexity index is 1190. The van der Waals surface area contributed by atoms with Crippen molar-refractivity contribution in [1.82, 2.24) is 9.47 Å². The number of aromatic nitrogens is 1. The molecule has 5 rings (SSSR count). The Labute approximate surface area is 167 Å².